The van der Waals surface area contributed by atoms with Crippen molar-refractivity contribution >= 4 is 5.78 Å². The Bertz CT molecular complexity index is 353. The van der Waals surface area contributed by atoms with E-state index in [0.29, 0.717) is 11.4 Å². The van der Waals surface area contributed by atoms with Gasteiger partial charge in [0.2, 0.25) is 5.88 Å². The molecule has 1 aromatic rings. The van der Waals surface area contributed by atoms with E-state index in [0.717, 1.165) is 12.8 Å². The van der Waals surface area contributed by atoms with Gasteiger partial charge in [-0.05, 0) is 18.9 Å². The van der Waals surface area contributed by atoms with Gasteiger partial charge < -0.3 is 4.74 Å². The molecule has 0 N–H and O–H groups in total. The molecule has 2 rings (SSSR count). The largest absolute Gasteiger partial charge is 0.481 e. The van der Waals surface area contributed by atoms with Crippen LogP contribution in [0.2, 0.25) is 0 Å². The Morgan fingerprint density at radius 2 is 2.06 bits per heavy atom. The van der Waals surface area contributed by atoms with Crippen LogP contribution in [0.15, 0.2) is 18.3 Å². The van der Waals surface area contributed by atoms with Gasteiger partial charge in [-0.15, -0.1) is 0 Å². The molecule has 3 nitrogen and oxygen atoms in total. The van der Waals surface area contributed by atoms with Gasteiger partial charge in [-0.3, -0.25) is 4.79 Å². The molecule has 0 atom stereocenters. The number of carbonyl (C=O) groups excluding carboxylic acids is 1. The third kappa shape index (κ3) is 2.40. The summed E-state index contributed by atoms with van der Waals surface area (Å²) in [7, 11) is 1.57. The monoisotopic (exact) mass is 219 g/mol. The van der Waals surface area contributed by atoms with Crippen molar-refractivity contribution in [2.75, 3.05) is 7.11 Å². The summed E-state index contributed by atoms with van der Waals surface area (Å²) in [4.78, 5) is 16.2. The number of ether oxygens (including phenoxy) is 1. The van der Waals surface area contributed by atoms with E-state index in [1.54, 1.807) is 19.4 Å². The van der Waals surface area contributed by atoms with E-state index in [1.807, 2.05) is 6.07 Å². The van der Waals surface area contributed by atoms with Crippen molar-refractivity contribution in [1.82, 2.24) is 4.98 Å². The highest BCUT2D eigenvalue weighted by atomic mass is 16.5. The highest BCUT2D eigenvalue weighted by Crippen LogP contribution is 2.26. The zero-order valence-electron chi connectivity index (χ0n) is 9.61. The number of nitrogens with zero attached hydrogens (tertiary/aromatic N) is 1. The molecule has 0 saturated heterocycles. The van der Waals surface area contributed by atoms with Gasteiger partial charge in [-0.1, -0.05) is 19.3 Å². The molecule has 3 heteroatoms. The van der Waals surface area contributed by atoms with E-state index >= 15 is 0 Å². The van der Waals surface area contributed by atoms with Gasteiger partial charge in [0, 0.05) is 23.7 Å². The van der Waals surface area contributed by atoms with Gasteiger partial charge in [0.15, 0.2) is 5.78 Å². The minimum Gasteiger partial charge on any atom is -0.481 e. The minimum atomic E-state index is 0.212. The zero-order valence-corrected chi connectivity index (χ0v) is 9.61. The highest BCUT2D eigenvalue weighted by molar-refractivity contribution is 5.97. The quantitative estimate of drug-likeness (QED) is 0.734. The van der Waals surface area contributed by atoms with Crippen molar-refractivity contribution in [2.45, 2.75) is 32.1 Å². The van der Waals surface area contributed by atoms with Crippen LogP contribution in [-0.2, 0) is 0 Å². The minimum absolute atomic E-state index is 0.212. The predicted molar refractivity (Wildman–Crippen MR) is 61.7 cm³/mol. The average Bonchev–Trinajstić information content (AvgIpc) is 2.39. The van der Waals surface area contributed by atoms with E-state index in [4.69, 9.17) is 4.74 Å². The van der Waals surface area contributed by atoms with E-state index in [9.17, 15) is 4.79 Å². The van der Waals surface area contributed by atoms with Crippen LogP contribution in [0.3, 0.4) is 0 Å². The van der Waals surface area contributed by atoms with Crippen LogP contribution in [0.5, 0.6) is 5.88 Å². The van der Waals surface area contributed by atoms with Crippen molar-refractivity contribution in [3.05, 3.63) is 23.9 Å². The lowest BCUT2D eigenvalue weighted by molar-refractivity contribution is 0.0889. The zero-order chi connectivity index (χ0) is 11.4. The maximum atomic E-state index is 12.1. The van der Waals surface area contributed by atoms with Crippen LogP contribution in [-0.4, -0.2) is 17.9 Å². The van der Waals surface area contributed by atoms with Gasteiger partial charge in [-0.2, -0.15) is 0 Å². The fraction of sp³-hybridized carbons (Fsp3) is 0.538. The lowest BCUT2D eigenvalue weighted by Gasteiger charge is -2.20. The van der Waals surface area contributed by atoms with Crippen LogP contribution in [0.25, 0.3) is 0 Å². The SMILES string of the molecule is COc1ccc(C(=O)C2CCCCC2)cn1. The Hall–Kier alpha value is -1.38. The Morgan fingerprint density at radius 3 is 2.62 bits per heavy atom. The first-order chi connectivity index (χ1) is 7.81. The topological polar surface area (TPSA) is 39.2 Å². The molecule has 1 fully saturated rings. The molecule has 0 aromatic carbocycles. The summed E-state index contributed by atoms with van der Waals surface area (Å²) in [6, 6.07) is 3.55. The molecule has 0 spiro atoms. The first kappa shape index (κ1) is 11.1. The standard InChI is InChI=1S/C13H17NO2/c1-16-12-8-7-11(9-14-12)13(15)10-5-3-2-4-6-10/h7-10H,2-6H2,1H3. The molecule has 16 heavy (non-hydrogen) atoms. The number of Topliss-reactive ketones (excluding diaryl/α,β-unsaturated/α-hetero) is 1. The number of hydrogen-bond acceptors (Lipinski definition) is 3. The average molecular weight is 219 g/mol. The smallest absolute Gasteiger partial charge is 0.212 e. The summed E-state index contributed by atoms with van der Waals surface area (Å²) in [6.07, 6.45) is 7.32. The maximum Gasteiger partial charge on any atom is 0.212 e. The summed E-state index contributed by atoms with van der Waals surface area (Å²) >= 11 is 0. The summed E-state index contributed by atoms with van der Waals surface area (Å²) in [5.41, 5.74) is 0.715. The van der Waals surface area contributed by atoms with Gasteiger partial charge in [0.25, 0.3) is 0 Å². The molecule has 1 aromatic heterocycles. The first-order valence-electron chi connectivity index (χ1n) is 5.85. The number of pyridine rings is 1. The van der Waals surface area contributed by atoms with E-state index in [2.05, 4.69) is 4.98 Å². The predicted octanol–water partition coefficient (Wildman–Crippen LogP) is 2.85. The fourth-order valence-electron chi connectivity index (χ4n) is 2.25. The van der Waals surface area contributed by atoms with Crippen LogP contribution < -0.4 is 4.74 Å². The molecule has 0 aliphatic heterocycles. The summed E-state index contributed by atoms with van der Waals surface area (Å²) in [5.74, 6) is 1.01. The summed E-state index contributed by atoms with van der Waals surface area (Å²) in [6.45, 7) is 0. The van der Waals surface area contributed by atoms with Crippen LogP contribution in [0.1, 0.15) is 42.5 Å². The van der Waals surface area contributed by atoms with E-state index in [1.165, 1.54) is 19.3 Å². The Morgan fingerprint density at radius 1 is 1.31 bits per heavy atom. The Labute approximate surface area is 95.8 Å². The molecule has 1 heterocycles. The number of hydrogen-bond donors (Lipinski definition) is 0. The maximum absolute atomic E-state index is 12.1. The van der Waals surface area contributed by atoms with Crippen LogP contribution in [0, 0.1) is 5.92 Å². The van der Waals surface area contributed by atoms with Crippen molar-refractivity contribution in [1.29, 1.82) is 0 Å². The number of aromatic nitrogens is 1. The Kier molecular flexibility index (Phi) is 3.54. The molecule has 1 saturated carbocycles. The lowest BCUT2D eigenvalue weighted by Crippen LogP contribution is -2.17. The molecule has 0 bridgehead atoms. The second-order valence-corrected chi connectivity index (χ2v) is 4.29. The van der Waals surface area contributed by atoms with Crippen LogP contribution in [0.4, 0.5) is 0 Å². The van der Waals surface area contributed by atoms with Crippen molar-refractivity contribution in [2.24, 2.45) is 5.92 Å². The lowest BCUT2D eigenvalue weighted by atomic mass is 9.84. The number of ketones is 1. The van der Waals surface area contributed by atoms with Gasteiger partial charge in [0.05, 0.1) is 7.11 Å². The molecule has 0 unspecified atom stereocenters. The van der Waals surface area contributed by atoms with E-state index < -0.39 is 0 Å². The second-order valence-electron chi connectivity index (χ2n) is 4.29. The highest BCUT2D eigenvalue weighted by Gasteiger charge is 2.22. The molecule has 1 aliphatic carbocycles. The van der Waals surface area contributed by atoms with Gasteiger partial charge >= 0.3 is 0 Å². The van der Waals surface area contributed by atoms with E-state index in [-0.39, 0.29) is 11.7 Å². The van der Waals surface area contributed by atoms with Gasteiger partial charge in [0.1, 0.15) is 0 Å². The Balaban J connectivity index is 2.07. The molecule has 86 valence electrons. The molecular formula is C13H17NO2. The second kappa shape index (κ2) is 5.10. The molecule has 0 radical (unpaired) electrons. The summed E-state index contributed by atoms with van der Waals surface area (Å²) in [5, 5.41) is 0. The third-order valence-corrected chi connectivity index (χ3v) is 3.21. The molecule has 1 aliphatic rings. The molecular weight excluding hydrogens is 202 g/mol. The molecule has 0 amide bonds. The third-order valence-electron chi connectivity index (χ3n) is 3.21. The van der Waals surface area contributed by atoms with Crippen molar-refractivity contribution in [3.8, 4) is 5.88 Å². The summed E-state index contributed by atoms with van der Waals surface area (Å²) < 4.78 is 4.97. The van der Waals surface area contributed by atoms with Gasteiger partial charge in [-0.25, -0.2) is 4.98 Å². The fourth-order valence-corrected chi connectivity index (χ4v) is 2.25. The number of carbonyl (C=O) groups is 1. The van der Waals surface area contributed by atoms with Crippen LogP contribution >= 0.6 is 0 Å². The van der Waals surface area contributed by atoms with Crippen molar-refractivity contribution in [3.63, 3.8) is 0 Å². The normalized spacial score (nSPS) is 17.1. The van der Waals surface area contributed by atoms with Crippen molar-refractivity contribution < 1.29 is 9.53 Å². The number of rotatable bonds is 3. The number of methoxy groups -OCH3 is 1. The first-order valence-corrected chi connectivity index (χ1v) is 5.85.